The highest BCUT2D eigenvalue weighted by Crippen LogP contribution is 2.14. The maximum atomic E-state index is 11.7. The Hall–Kier alpha value is -1.68. The third kappa shape index (κ3) is 1.65. The van der Waals surface area contributed by atoms with Gasteiger partial charge in [-0.25, -0.2) is 4.37 Å². The minimum atomic E-state index is -0.00694. The zero-order valence-corrected chi connectivity index (χ0v) is 8.12. The molecule has 0 atom stereocenters. The first-order valence-corrected chi connectivity index (χ1v) is 4.85. The molecule has 14 heavy (non-hydrogen) atoms. The third-order valence-corrected chi connectivity index (χ3v) is 2.58. The molecule has 0 aliphatic rings. The summed E-state index contributed by atoms with van der Waals surface area (Å²) in [6.07, 6.45) is 1.62. The Balaban J connectivity index is 2.33. The molecule has 1 aromatic carbocycles. The van der Waals surface area contributed by atoms with Crippen LogP contribution >= 0.6 is 11.5 Å². The molecule has 0 aliphatic heterocycles. The van der Waals surface area contributed by atoms with E-state index in [1.165, 1.54) is 11.5 Å². The maximum absolute atomic E-state index is 11.7. The molecule has 1 heterocycles. The number of ketones is 1. The second-order valence-corrected chi connectivity index (χ2v) is 3.66. The first-order chi connectivity index (χ1) is 6.77. The minimum Gasteiger partial charge on any atom is -0.399 e. The summed E-state index contributed by atoms with van der Waals surface area (Å²) in [5.74, 6) is -0.00694. The molecule has 0 radical (unpaired) electrons. The predicted octanol–water partition coefficient (Wildman–Crippen LogP) is 1.96. The lowest BCUT2D eigenvalue weighted by Crippen LogP contribution is -1.98. The van der Waals surface area contributed by atoms with Gasteiger partial charge in [-0.15, -0.1) is 0 Å². The van der Waals surface area contributed by atoms with Crippen molar-refractivity contribution in [1.82, 2.24) is 4.37 Å². The fraction of sp³-hybridized carbons (Fsp3) is 0. The molecule has 0 saturated carbocycles. The molecule has 4 heteroatoms. The molecule has 2 aromatic rings. The summed E-state index contributed by atoms with van der Waals surface area (Å²) in [7, 11) is 0. The molecule has 0 bridgehead atoms. The van der Waals surface area contributed by atoms with Crippen molar-refractivity contribution in [2.45, 2.75) is 0 Å². The zero-order chi connectivity index (χ0) is 9.97. The summed E-state index contributed by atoms with van der Waals surface area (Å²) in [4.78, 5) is 12.4. The van der Waals surface area contributed by atoms with Crippen LogP contribution in [0, 0.1) is 0 Å². The van der Waals surface area contributed by atoms with Crippen LogP contribution in [0.2, 0.25) is 0 Å². The smallest absolute Gasteiger partial charge is 0.204 e. The van der Waals surface area contributed by atoms with Crippen LogP contribution in [0.1, 0.15) is 15.2 Å². The van der Waals surface area contributed by atoms with E-state index < -0.39 is 0 Å². The van der Waals surface area contributed by atoms with E-state index in [1.54, 1.807) is 36.5 Å². The molecule has 0 saturated heterocycles. The highest BCUT2D eigenvalue weighted by molar-refractivity contribution is 7.08. The van der Waals surface area contributed by atoms with Crippen LogP contribution in [0.5, 0.6) is 0 Å². The number of rotatable bonds is 2. The summed E-state index contributed by atoms with van der Waals surface area (Å²) in [5.41, 5.74) is 6.82. The second-order valence-electron chi connectivity index (χ2n) is 2.83. The number of aromatic nitrogens is 1. The van der Waals surface area contributed by atoms with Crippen LogP contribution in [-0.4, -0.2) is 10.2 Å². The largest absolute Gasteiger partial charge is 0.399 e. The standard InChI is InChI=1S/C10H8N2OS/c11-8-3-1-7(2-4-8)10(13)9-5-6-12-14-9/h1-6H,11H2. The van der Waals surface area contributed by atoms with Crippen LogP contribution in [0.15, 0.2) is 36.5 Å². The number of nitrogens with two attached hydrogens (primary N) is 1. The van der Waals surface area contributed by atoms with Gasteiger partial charge in [0.1, 0.15) is 0 Å². The van der Waals surface area contributed by atoms with Gasteiger partial charge >= 0.3 is 0 Å². The zero-order valence-electron chi connectivity index (χ0n) is 7.31. The van der Waals surface area contributed by atoms with E-state index in [0.29, 0.717) is 16.1 Å². The molecule has 0 aliphatic carbocycles. The highest BCUT2D eigenvalue weighted by Gasteiger charge is 2.09. The van der Waals surface area contributed by atoms with Crippen molar-refractivity contribution < 1.29 is 4.79 Å². The van der Waals surface area contributed by atoms with Crippen molar-refractivity contribution >= 4 is 23.0 Å². The fourth-order valence-corrected chi connectivity index (χ4v) is 1.67. The van der Waals surface area contributed by atoms with Crippen LogP contribution in [-0.2, 0) is 0 Å². The number of anilines is 1. The molecule has 70 valence electrons. The normalized spacial score (nSPS) is 10.0. The molecule has 2 N–H and O–H groups in total. The number of hydrogen-bond donors (Lipinski definition) is 1. The van der Waals surface area contributed by atoms with E-state index in [-0.39, 0.29) is 5.78 Å². The molecule has 1 aromatic heterocycles. The molecule has 0 unspecified atom stereocenters. The van der Waals surface area contributed by atoms with Gasteiger partial charge in [0.05, 0.1) is 4.88 Å². The van der Waals surface area contributed by atoms with E-state index >= 15 is 0 Å². The Kier molecular flexibility index (Phi) is 2.28. The highest BCUT2D eigenvalue weighted by atomic mass is 32.1. The van der Waals surface area contributed by atoms with Gasteiger partial charge in [-0.05, 0) is 41.9 Å². The number of benzene rings is 1. The van der Waals surface area contributed by atoms with Crippen molar-refractivity contribution in [1.29, 1.82) is 0 Å². The van der Waals surface area contributed by atoms with Gasteiger partial charge in [0.15, 0.2) is 0 Å². The summed E-state index contributed by atoms with van der Waals surface area (Å²) >= 11 is 1.20. The summed E-state index contributed by atoms with van der Waals surface area (Å²) in [6.45, 7) is 0. The first kappa shape index (κ1) is 8.90. The first-order valence-electron chi connectivity index (χ1n) is 4.08. The molecule has 3 nitrogen and oxygen atoms in total. The number of nitrogen functional groups attached to an aromatic ring is 1. The maximum Gasteiger partial charge on any atom is 0.204 e. The van der Waals surface area contributed by atoms with Gasteiger partial charge in [0.25, 0.3) is 0 Å². The Labute approximate surface area is 85.4 Å². The van der Waals surface area contributed by atoms with Gasteiger partial charge in [0, 0.05) is 17.4 Å². The van der Waals surface area contributed by atoms with Crippen LogP contribution in [0.4, 0.5) is 5.69 Å². The summed E-state index contributed by atoms with van der Waals surface area (Å²) in [5, 5.41) is 0. The topological polar surface area (TPSA) is 56.0 Å². The fourth-order valence-electron chi connectivity index (χ4n) is 1.11. The van der Waals surface area contributed by atoms with E-state index in [0.717, 1.165) is 0 Å². The Morgan fingerprint density at radius 3 is 2.50 bits per heavy atom. The SMILES string of the molecule is Nc1ccc(C(=O)c2ccns2)cc1. The molecular weight excluding hydrogens is 196 g/mol. The summed E-state index contributed by atoms with van der Waals surface area (Å²) in [6, 6.07) is 8.58. The lowest BCUT2D eigenvalue weighted by molar-refractivity contribution is 0.104. The average molecular weight is 204 g/mol. The van der Waals surface area contributed by atoms with Crippen molar-refractivity contribution in [2.75, 3.05) is 5.73 Å². The lowest BCUT2D eigenvalue weighted by Gasteiger charge is -1.97. The van der Waals surface area contributed by atoms with E-state index in [9.17, 15) is 4.79 Å². The third-order valence-electron chi connectivity index (χ3n) is 1.83. The predicted molar refractivity (Wildman–Crippen MR) is 56.4 cm³/mol. The van der Waals surface area contributed by atoms with Crippen LogP contribution in [0.3, 0.4) is 0 Å². The number of carbonyl (C=O) groups is 1. The van der Waals surface area contributed by atoms with E-state index in [2.05, 4.69) is 4.37 Å². The van der Waals surface area contributed by atoms with Gasteiger partial charge in [0.2, 0.25) is 5.78 Å². The van der Waals surface area contributed by atoms with Gasteiger partial charge in [-0.2, -0.15) is 0 Å². The average Bonchev–Trinajstić information content (AvgIpc) is 2.71. The van der Waals surface area contributed by atoms with Gasteiger partial charge in [-0.3, -0.25) is 4.79 Å². The van der Waals surface area contributed by atoms with Gasteiger partial charge in [-0.1, -0.05) is 0 Å². The van der Waals surface area contributed by atoms with Crippen molar-refractivity contribution in [3.8, 4) is 0 Å². The van der Waals surface area contributed by atoms with Crippen molar-refractivity contribution in [3.63, 3.8) is 0 Å². The van der Waals surface area contributed by atoms with E-state index in [4.69, 9.17) is 5.73 Å². The molecule has 2 rings (SSSR count). The number of carbonyl (C=O) groups excluding carboxylic acids is 1. The molecule has 0 spiro atoms. The Morgan fingerprint density at radius 1 is 1.21 bits per heavy atom. The van der Waals surface area contributed by atoms with Crippen molar-refractivity contribution in [2.24, 2.45) is 0 Å². The summed E-state index contributed by atoms with van der Waals surface area (Å²) < 4.78 is 3.88. The monoisotopic (exact) mass is 204 g/mol. The second kappa shape index (κ2) is 3.59. The Morgan fingerprint density at radius 2 is 1.93 bits per heavy atom. The molecule has 0 fully saturated rings. The lowest BCUT2D eigenvalue weighted by atomic mass is 10.1. The van der Waals surface area contributed by atoms with Crippen LogP contribution in [0.25, 0.3) is 0 Å². The van der Waals surface area contributed by atoms with Gasteiger partial charge < -0.3 is 5.73 Å². The molecular formula is C10H8N2OS. The van der Waals surface area contributed by atoms with Crippen molar-refractivity contribution in [3.05, 3.63) is 47.0 Å². The number of nitrogens with zero attached hydrogens (tertiary/aromatic N) is 1. The quantitative estimate of drug-likeness (QED) is 0.601. The van der Waals surface area contributed by atoms with E-state index in [1.807, 2.05) is 0 Å². The Bertz CT molecular complexity index is 434. The minimum absolute atomic E-state index is 0.00694. The molecule has 0 amide bonds. The van der Waals surface area contributed by atoms with Crippen LogP contribution < -0.4 is 5.73 Å². The number of hydrogen-bond acceptors (Lipinski definition) is 4.